The molecule has 4 aromatic rings. The smallest absolute Gasteiger partial charge is 0.324 e. The van der Waals surface area contributed by atoms with Crippen molar-refractivity contribution in [2.24, 2.45) is 5.41 Å². The molecule has 0 aliphatic carbocycles. The number of cyclic esters (lactones) is 1. The van der Waals surface area contributed by atoms with E-state index in [0.717, 1.165) is 56.7 Å². The number of nitrogens with one attached hydrogen (secondary N) is 2. The van der Waals surface area contributed by atoms with E-state index in [1.165, 1.54) is 5.01 Å². The van der Waals surface area contributed by atoms with Crippen molar-refractivity contribution in [3.63, 3.8) is 0 Å². The zero-order chi connectivity index (χ0) is 46.6. The largest absolute Gasteiger partial charge is 0.464 e. The molecule has 2 fully saturated rings. The third-order valence-corrected chi connectivity index (χ3v) is 13.1. The third-order valence-electron chi connectivity index (χ3n) is 13.1. The molecule has 3 amide bonds. The lowest BCUT2D eigenvalue weighted by Crippen LogP contribution is -2.60. The van der Waals surface area contributed by atoms with Gasteiger partial charge in [-0.15, -0.1) is 0 Å². The molecule has 3 atom stereocenters. The summed E-state index contributed by atoms with van der Waals surface area (Å²) in [6.45, 7) is 14.5. The van der Waals surface area contributed by atoms with Crippen LogP contribution in [0.5, 0.6) is 0 Å². The van der Waals surface area contributed by atoms with E-state index >= 15 is 0 Å². The number of hydrazine groups is 1. The Morgan fingerprint density at radius 2 is 1.86 bits per heavy atom. The lowest BCUT2D eigenvalue weighted by Gasteiger charge is -2.37. The van der Waals surface area contributed by atoms with Crippen LogP contribution < -0.4 is 10.7 Å². The molecule has 0 spiro atoms. The monoisotopic (exact) mass is 887 g/mol. The highest BCUT2D eigenvalue weighted by molar-refractivity contribution is 5.96. The first kappa shape index (κ1) is 47.4. The molecule has 3 aliphatic heterocycles. The van der Waals surface area contributed by atoms with Crippen LogP contribution in [0.1, 0.15) is 83.7 Å². The van der Waals surface area contributed by atoms with E-state index in [9.17, 15) is 19.2 Å². The van der Waals surface area contributed by atoms with Gasteiger partial charge in [-0.2, -0.15) is 0 Å². The molecular formula is C51H65N7O7. The van der Waals surface area contributed by atoms with Gasteiger partial charge in [0.25, 0.3) is 11.8 Å². The number of nitrogens with zero attached hydrogens (tertiary/aromatic N) is 5. The van der Waals surface area contributed by atoms with Gasteiger partial charge in [0.05, 0.1) is 42.3 Å². The van der Waals surface area contributed by atoms with E-state index in [0.29, 0.717) is 38.9 Å². The Morgan fingerprint density at radius 3 is 2.60 bits per heavy atom. The third kappa shape index (κ3) is 10.8. The summed E-state index contributed by atoms with van der Waals surface area (Å²) in [6, 6.07) is 17.1. The van der Waals surface area contributed by atoms with Gasteiger partial charge in [-0.1, -0.05) is 50.1 Å². The van der Waals surface area contributed by atoms with Crippen LogP contribution in [0.3, 0.4) is 0 Å². The highest BCUT2D eigenvalue weighted by Crippen LogP contribution is 2.42. The van der Waals surface area contributed by atoms with Crippen LogP contribution in [-0.4, -0.2) is 126 Å². The Balaban J connectivity index is 1.16. The Morgan fingerprint density at radius 1 is 1.09 bits per heavy atom. The predicted octanol–water partition coefficient (Wildman–Crippen LogP) is 5.71. The average Bonchev–Trinajstić information content (AvgIpc) is 3.58. The molecule has 14 heteroatoms. The van der Waals surface area contributed by atoms with Gasteiger partial charge >= 0.3 is 5.97 Å². The first-order chi connectivity index (χ1) is 31.0. The van der Waals surface area contributed by atoms with Gasteiger partial charge < -0.3 is 29.0 Å². The summed E-state index contributed by atoms with van der Waals surface area (Å²) in [7, 11) is 5.53. The van der Waals surface area contributed by atoms with E-state index in [-0.39, 0.29) is 56.0 Å². The number of carbonyl (C=O) groups is 4. The predicted molar refractivity (Wildman–Crippen MR) is 250 cm³/mol. The van der Waals surface area contributed by atoms with Crippen molar-refractivity contribution in [3.05, 3.63) is 77.6 Å². The van der Waals surface area contributed by atoms with E-state index in [1.807, 2.05) is 58.0 Å². The van der Waals surface area contributed by atoms with Crippen molar-refractivity contribution in [2.75, 3.05) is 54.1 Å². The van der Waals surface area contributed by atoms with Crippen LogP contribution >= 0.6 is 0 Å². The highest BCUT2D eigenvalue weighted by Gasteiger charge is 2.36. The maximum Gasteiger partial charge on any atom is 0.324 e. The van der Waals surface area contributed by atoms with Gasteiger partial charge in [0.2, 0.25) is 5.91 Å². The molecule has 0 radical (unpaired) electrons. The number of aryl methyl sites for hydroxylation is 1. The maximum absolute atomic E-state index is 14.4. The maximum atomic E-state index is 14.4. The summed E-state index contributed by atoms with van der Waals surface area (Å²) in [5.74, 6) is 4.41. The van der Waals surface area contributed by atoms with Crippen molar-refractivity contribution in [2.45, 2.75) is 110 Å². The zero-order valence-electron chi connectivity index (χ0n) is 39.5. The standard InChI is InChI=1S/C51H65N7O7/c1-10-57-43-19-18-36-28-39(43)40(47(57)38-16-12-23-52-46(38)33(2)63-9)29-50(3,4)32-65-49(62)41-17-13-24-58(54-41)48(61)42(27-34-14-11-15-35(36)26-34)53-44(59)21-25-64-37-30-56(31-37)45(60)20-22-51(5,6)55(7)8/h11-12,14-16,18-19,23,26,28,33,37,41-42,54H,10,13,17,21,24-25,27,29-32H2,1-9H3,(H,53,59)/t33-,41-,42-/m0/s1. The minimum absolute atomic E-state index is 0.0237. The number of likely N-dealkylation sites (tertiary alicyclic amines) is 1. The molecule has 5 heterocycles. The lowest BCUT2D eigenvalue weighted by molar-refractivity contribution is -0.155. The van der Waals surface area contributed by atoms with Crippen LogP contribution in [0.15, 0.2) is 60.8 Å². The second kappa shape index (κ2) is 19.9. The molecule has 0 unspecified atom stereocenters. The van der Waals surface area contributed by atoms with Crippen molar-refractivity contribution in [1.82, 2.24) is 35.1 Å². The molecule has 14 nitrogen and oxygen atoms in total. The van der Waals surface area contributed by atoms with Crippen molar-refractivity contribution < 1.29 is 33.4 Å². The summed E-state index contributed by atoms with van der Waals surface area (Å²) < 4.78 is 20.2. The first-order valence-electron chi connectivity index (χ1n) is 22.9. The Hall–Kier alpha value is -5.59. The molecule has 3 aliphatic rings. The van der Waals surface area contributed by atoms with E-state index in [4.69, 9.17) is 19.2 Å². The van der Waals surface area contributed by atoms with Gasteiger partial charge in [0.1, 0.15) is 12.1 Å². The van der Waals surface area contributed by atoms with Gasteiger partial charge in [-0.05, 0) is 113 Å². The van der Waals surface area contributed by atoms with Crippen LogP contribution in [0, 0.1) is 17.3 Å². The molecular weight excluding hydrogens is 823 g/mol. The van der Waals surface area contributed by atoms with Gasteiger partial charge in [-0.25, -0.2) is 5.43 Å². The van der Waals surface area contributed by atoms with Crippen molar-refractivity contribution in [3.8, 4) is 34.2 Å². The van der Waals surface area contributed by atoms with E-state index in [2.05, 4.69) is 84.3 Å². The van der Waals surface area contributed by atoms with Gasteiger partial charge in [0, 0.05) is 74.2 Å². The fraction of sp³-hybridized carbons (Fsp3) is 0.510. The lowest BCUT2D eigenvalue weighted by atomic mass is 9.84. The number of amides is 3. The molecule has 2 saturated heterocycles. The fourth-order valence-corrected chi connectivity index (χ4v) is 8.68. The Labute approximate surface area is 383 Å². The van der Waals surface area contributed by atoms with Crippen molar-refractivity contribution >= 4 is 34.6 Å². The van der Waals surface area contributed by atoms with Crippen LogP contribution in [0.4, 0.5) is 0 Å². The van der Waals surface area contributed by atoms with Gasteiger partial charge in [0.15, 0.2) is 0 Å². The molecule has 2 aromatic carbocycles. The number of hydrogen-bond donors (Lipinski definition) is 2. The Bertz CT molecular complexity index is 2480. The summed E-state index contributed by atoms with van der Waals surface area (Å²) in [6.07, 6.45) is 3.29. The van der Waals surface area contributed by atoms with Crippen molar-refractivity contribution in [1.29, 1.82) is 0 Å². The number of benzene rings is 2. The second-order valence-corrected chi connectivity index (χ2v) is 19.1. The van der Waals surface area contributed by atoms with Crippen LogP contribution in [-0.2, 0) is 52.8 Å². The highest BCUT2D eigenvalue weighted by atomic mass is 16.5. The molecule has 65 heavy (non-hydrogen) atoms. The fourth-order valence-electron chi connectivity index (χ4n) is 8.68. The summed E-state index contributed by atoms with van der Waals surface area (Å²) >= 11 is 0. The zero-order valence-corrected chi connectivity index (χ0v) is 39.5. The number of rotatable bonds is 10. The number of aromatic nitrogens is 2. The quantitative estimate of drug-likeness (QED) is 0.150. The van der Waals surface area contributed by atoms with E-state index in [1.54, 1.807) is 18.2 Å². The van der Waals surface area contributed by atoms with E-state index < -0.39 is 29.0 Å². The number of methoxy groups -OCH3 is 1. The number of esters is 1. The van der Waals surface area contributed by atoms with Crippen LogP contribution in [0.25, 0.3) is 33.3 Å². The molecule has 2 aromatic heterocycles. The molecule has 2 N–H and O–H groups in total. The summed E-state index contributed by atoms with van der Waals surface area (Å²) in [4.78, 5) is 62.8. The number of pyridine rings is 1. The molecule has 0 saturated carbocycles. The van der Waals surface area contributed by atoms with Gasteiger partial charge in [-0.3, -0.25) is 34.1 Å². The number of ether oxygens (including phenoxy) is 3. The first-order valence-corrected chi connectivity index (χ1v) is 22.9. The second-order valence-electron chi connectivity index (χ2n) is 19.1. The SMILES string of the molecule is CCn1c(-c2cccnc2[C@H](C)OC)c2c3cc(ccc31)-c1cccc(c1)C[C@H](NC(=O)CCOC1CN(C(=O)C#CC(C)(C)N(C)C)C1)C(=O)N1CCC[C@H](N1)C(=O)OCC(C)(C)C2. The normalized spacial score (nSPS) is 19.8. The topological polar surface area (TPSA) is 148 Å². The Kier molecular flexibility index (Phi) is 14.5. The minimum Gasteiger partial charge on any atom is -0.464 e. The number of hydrogen-bond acceptors (Lipinski definition) is 10. The minimum atomic E-state index is -0.932. The van der Waals surface area contributed by atoms with Crippen LogP contribution in [0.2, 0.25) is 0 Å². The summed E-state index contributed by atoms with van der Waals surface area (Å²) in [5.41, 5.74) is 10.2. The summed E-state index contributed by atoms with van der Waals surface area (Å²) in [5, 5.41) is 5.55. The molecule has 6 bridgehead atoms. The number of fused-ring (bicyclic) bond motifs is 6. The number of carbonyl (C=O) groups excluding carboxylic acids is 4. The average molecular weight is 888 g/mol. The molecule has 7 rings (SSSR count). The molecule has 346 valence electrons.